The molecule has 0 aliphatic heterocycles. The highest BCUT2D eigenvalue weighted by Gasteiger charge is 2.35. The molecule has 0 radical (unpaired) electrons. The lowest BCUT2D eigenvalue weighted by atomic mass is 9.94. The molecule has 0 spiro atoms. The average Bonchev–Trinajstić information content (AvgIpc) is 2.16. The standard InChI is InChI=1S/C11H11F4NS.ClH/c12-10-2-1-7(5-9(10)11(13,14)15)17-8-3-6(16)4-8;/h1-2,5-6,8H,3-4,16H2;1H. The average molecular weight is 302 g/mol. The summed E-state index contributed by atoms with van der Waals surface area (Å²) in [5, 5.41) is 0.247. The van der Waals surface area contributed by atoms with Crippen molar-refractivity contribution < 1.29 is 17.6 Å². The van der Waals surface area contributed by atoms with Crippen LogP contribution in [0, 0.1) is 5.82 Å². The topological polar surface area (TPSA) is 26.0 Å². The summed E-state index contributed by atoms with van der Waals surface area (Å²) >= 11 is 1.33. The maximum atomic E-state index is 13.0. The molecule has 1 aliphatic carbocycles. The fraction of sp³-hybridized carbons (Fsp3) is 0.455. The Balaban J connectivity index is 0.00000162. The molecule has 1 fully saturated rings. The number of hydrogen-bond acceptors (Lipinski definition) is 2. The Hall–Kier alpha value is -0.460. The van der Waals surface area contributed by atoms with Gasteiger partial charge in [0, 0.05) is 16.2 Å². The Morgan fingerprint density at radius 3 is 2.33 bits per heavy atom. The summed E-state index contributed by atoms with van der Waals surface area (Å²) in [6.07, 6.45) is -3.05. The molecule has 0 unspecified atom stereocenters. The van der Waals surface area contributed by atoms with Crippen LogP contribution in [0.3, 0.4) is 0 Å². The van der Waals surface area contributed by atoms with Crippen molar-refractivity contribution in [2.24, 2.45) is 5.73 Å². The number of rotatable bonds is 2. The number of halogens is 5. The minimum absolute atomic E-state index is 0. The maximum Gasteiger partial charge on any atom is 0.419 e. The van der Waals surface area contributed by atoms with E-state index in [0.29, 0.717) is 4.90 Å². The van der Waals surface area contributed by atoms with Crippen LogP contribution in [0.1, 0.15) is 18.4 Å². The molecular formula is C11H12ClF4NS. The first kappa shape index (κ1) is 15.6. The number of thioether (sulfide) groups is 1. The number of benzene rings is 1. The molecule has 0 amide bonds. The highest BCUT2D eigenvalue weighted by atomic mass is 35.5. The van der Waals surface area contributed by atoms with Crippen molar-refractivity contribution in [3.63, 3.8) is 0 Å². The van der Waals surface area contributed by atoms with Crippen LogP contribution in [-0.4, -0.2) is 11.3 Å². The van der Waals surface area contributed by atoms with Crippen LogP contribution in [-0.2, 0) is 6.18 Å². The molecule has 7 heteroatoms. The first-order valence-corrected chi connectivity index (χ1v) is 6.03. The van der Waals surface area contributed by atoms with E-state index in [9.17, 15) is 17.6 Å². The van der Waals surface area contributed by atoms with Gasteiger partial charge in [-0.05, 0) is 31.0 Å². The van der Waals surface area contributed by atoms with E-state index in [4.69, 9.17) is 5.73 Å². The molecule has 0 saturated heterocycles. The third-order valence-corrected chi connectivity index (χ3v) is 3.92. The Morgan fingerprint density at radius 1 is 1.22 bits per heavy atom. The fourth-order valence-electron chi connectivity index (χ4n) is 1.69. The van der Waals surface area contributed by atoms with Gasteiger partial charge in [0.1, 0.15) is 5.82 Å². The van der Waals surface area contributed by atoms with E-state index >= 15 is 0 Å². The second-order valence-corrected chi connectivity index (χ2v) is 5.48. The van der Waals surface area contributed by atoms with Gasteiger partial charge in [0.15, 0.2) is 0 Å². The van der Waals surface area contributed by atoms with Crippen molar-refractivity contribution in [3.05, 3.63) is 29.6 Å². The van der Waals surface area contributed by atoms with E-state index in [1.165, 1.54) is 17.8 Å². The first-order valence-electron chi connectivity index (χ1n) is 5.15. The van der Waals surface area contributed by atoms with Crippen LogP contribution in [0.4, 0.5) is 17.6 Å². The zero-order valence-corrected chi connectivity index (χ0v) is 10.8. The first-order chi connectivity index (χ1) is 7.86. The van der Waals surface area contributed by atoms with Crippen molar-refractivity contribution in [2.45, 2.75) is 35.2 Å². The number of nitrogens with two attached hydrogens (primary N) is 1. The SMILES string of the molecule is Cl.NC1CC(Sc2ccc(F)c(C(F)(F)F)c2)C1. The molecule has 2 N–H and O–H groups in total. The molecule has 1 nitrogen and oxygen atoms in total. The molecule has 1 aromatic rings. The molecule has 0 heterocycles. The van der Waals surface area contributed by atoms with Crippen molar-refractivity contribution in [2.75, 3.05) is 0 Å². The van der Waals surface area contributed by atoms with Gasteiger partial charge in [0.2, 0.25) is 0 Å². The minimum Gasteiger partial charge on any atom is -0.328 e. The summed E-state index contributed by atoms with van der Waals surface area (Å²) in [5.41, 5.74) is 4.39. The van der Waals surface area contributed by atoms with Crippen LogP contribution in [0.2, 0.25) is 0 Å². The Kier molecular flexibility index (Phi) is 4.91. The molecule has 2 rings (SSSR count). The van der Waals surface area contributed by atoms with Crippen LogP contribution in [0.15, 0.2) is 23.1 Å². The minimum atomic E-state index is -4.64. The van der Waals surface area contributed by atoms with E-state index < -0.39 is 17.6 Å². The zero-order valence-electron chi connectivity index (χ0n) is 9.21. The van der Waals surface area contributed by atoms with Crippen LogP contribution in [0.5, 0.6) is 0 Å². The second-order valence-electron chi connectivity index (χ2n) is 4.11. The van der Waals surface area contributed by atoms with E-state index in [0.717, 1.165) is 25.0 Å². The second kappa shape index (κ2) is 5.67. The van der Waals surface area contributed by atoms with Gasteiger partial charge in [-0.1, -0.05) is 0 Å². The highest BCUT2D eigenvalue weighted by Crippen LogP contribution is 2.39. The predicted octanol–water partition coefficient (Wildman–Crippen LogP) is 3.85. The zero-order chi connectivity index (χ0) is 12.6. The van der Waals surface area contributed by atoms with Gasteiger partial charge in [0.05, 0.1) is 5.56 Å². The number of hydrogen-bond donors (Lipinski definition) is 1. The van der Waals surface area contributed by atoms with Gasteiger partial charge >= 0.3 is 6.18 Å². The molecule has 1 aromatic carbocycles. The van der Waals surface area contributed by atoms with Crippen molar-refractivity contribution >= 4 is 24.2 Å². The lowest BCUT2D eigenvalue weighted by molar-refractivity contribution is -0.140. The Labute approximate surface area is 113 Å². The van der Waals surface area contributed by atoms with Gasteiger partial charge in [-0.3, -0.25) is 0 Å². The third kappa shape index (κ3) is 3.52. The van der Waals surface area contributed by atoms with E-state index in [2.05, 4.69) is 0 Å². The normalized spacial score (nSPS) is 23.2. The summed E-state index contributed by atoms with van der Waals surface area (Å²) in [6.45, 7) is 0. The van der Waals surface area contributed by atoms with E-state index in [-0.39, 0.29) is 23.7 Å². The van der Waals surface area contributed by atoms with Gasteiger partial charge in [-0.2, -0.15) is 13.2 Å². The molecule has 102 valence electrons. The van der Waals surface area contributed by atoms with E-state index in [1.807, 2.05) is 0 Å². The molecule has 0 aromatic heterocycles. The lowest BCUT2D eigenvalue weighted by Gasteiger charge is -2.31. The Morgan fingerprint density at radius 2 is 1.83 bits per heavy atom. The summed E-state index contributed by atoms with van der Waals surface area (Å²) in [4.78, 5) is 0.440. The van der Waals surface area contributed by atoms with Crippen molar-refractivity contribution in [1.82, 2.24) is 0 Å². The molecule has 1 saturated carbocycles. The predicted molar refractivity (Wildman–Crippen MR) is 65.5 cm³/mol. The van der Waals surface area contributed by atoms with Crippen LogP contribution >= 0.6 is 24.2 Å². The molecule has 0 bridgehead atoms. The Bertz CT molecular complexity index is 418. The van der Waals surface area contributed by atoms with Gasteiger partial charge in [-0.25, -0.2) is 4.39 Å². The summed E-state index contributed by atoms with van der Waals surface area (Å²) in [7, 11) is 0. The highest BCUT2D eigenvalue weighted by molar-refractivity contribution is 8.00. The summed E-state index contributed by atoms with van der Waals surface area (Å²) < 4.78 is 50.4. The van der Waals surface area contributed by atoms with Gasteiger partial charge in [-0.15, -0.1) is 24.2 Å². The summed E-state index contributed by atoms with van der Waals surface area (Å²) in [6, 6.07) is 3.25. The quantitative estimate of drug-likeness (QED) is 0.840. The number of alkyl halides is 3. The summed E-state index contributed by atoms with van der Waals surface area (Å²) in [5.74, 6) is -1.23. The van der Waals surface area contributed by atoms with Gasteiger partial charge < -0.3 is 5.73 Å². The fourth-order valence-corrected chi connectivity index (χ4v) is 3.09. The maximum absolute atomic E-state index is 13.0. The van der Waals surface area contributed by atoms with Crippen LogP contribution < -0.4 is 5.73 Å². The molecular weight excluding hydrogens is 290 g/mol. The lowest BCUT2D eigenvalue weighted by Crippen LogP contribution is -2.38. The smallest absolute Gasteiger partial charge is 0.328 e. The molecule has 1 aliphatic rings. The monoisotopic (exact) mass is 301 g/mol. The van der Waals surface area contributed by atoms with Crippen molar-refractivity contribution in [3.8, 4) is 0 Å². The third-order valence-electron chi connectivity index (χ3n) is 2.68. The van der Waals surface area contributed by atoms with Crippen molar-refractivity contribution in [1.29, 1.82) is 0 Å². The molecule has 18 heavy (non-hydrogen) atoms. The van der Waals surface area contributed by atoms with E-state index in [1.54, 1.807) is 0 Å². The van der Waals surface area contributed by atoms with Gasteiger partial charge in [0.25, 0.3) is 0 Å². The van der Waals surface area contributed by atoms with Crippen LogP contribution in [0.25, 0.3) is 0 Å². The molecule has 0 atom stereocenters. The largest absolute Gasteiger partial charge is 0.419 e.